The SMILES string of the molecule is C[n+]1oc(NC2CCCCC2)nc1-c1ccc(Br)cc1.[Br-]. The van der Waals surface area contributed by atoms with E-state index in [1.165, 1.54) is 32.1 Å². The normalized spacial score (nSPS) is 15.5. The second-order valence-electron chi connectivity index (χ2n) is 5.32. The zero-order valence-corrected chi connectivity index (χ0v) is 15.2. The molecule has 1 fully saturated rings. The molecule has 21 heavy (non-hydrogen) atoms. The Bertz CT molecular complexity index is 577. The molecule has 1 aliphatic carbocycles. The van der Waals surface area contributed by atoms with E-state index in [0.717, 1.165) is 15.9 Å². The fourth-order valence-electron chi connectivity index (χ4n) is 2.69. The number of rotatable bonds is 3. The van der Waals surface area contributed by atoms with Crippen molar-refractivity contribution in [2.75, 3.05) is 5.32 Å². The van der Waals surface area contributed by atoms with E-state index < -0.39 is 0 Å². The number of halogens is 2. The van der Waals surface area contributed by atoms with Crippen molar-refractivity contribution in [3.05, 3.63) is 28.7 Å². The summed E-state index contributed by atoms with van der Waals surface area (Å²) in [5.41, 5.74) is 1.05. The highest BCUT2D eigenvalue weighted by atomic mass is 79.9. The first-order valence-electron chi connectivity index (χ1n) is 7.12. The summed E-state index contributed by atoms with van der Waals surface area (Å²) in [5.74, 6) is 0.843. The van der Waals surface area contributed by atoms with E-state index in [1.54, 1.807) is 4.74 Å². The van der Waals surface area contributed by atoms with Gasteiger partial charge in [-0.25, -0.2) is 4.52 Å². The summed E-state index contributed by atoms with van der Waals surface area (Å²) in [6.07, 6.45) is 6.36. The Morgan fingerprint density at radius 1 is 1.19 bits per heavy atom. The Labute approximate surface area is 143 Å². The number of benzene rings is 1. The van der Waals surface area contributed by atoms with Crippen LogP contribution in [0.4, 0.5) is 6.01 Å². The highest BCUT2D eigenvalue weighted by molar-refractivity contribution is 9.10. The molecule has 0 radical (unpaired) electrons. The van der Waals surface area contributed by atoms with Gasteiger partial charge in [-0.15, -0.1) is 0 Å². The molecular weight excluding hydrogens is 398 g/mol. The van der Waals surface area contributed by atoms with Crippen LogP contribution in [0, 0.1) is 0 Å². The predicted molar refractivity (Wildman–Crippen MR) is 81.3 cm³/mol. The highest BCUT2D eigenvalue weighted by Crippen LogP contribution is 2.23. The Morgan fingerprint density at radius 2 is 1.86 bits per heavy atom. The van der Waals surface area contributed by atoms with Gasteiger partial charge < -0.3 is 22.3 Å². The van der Waals surface area contributed by atoms with Gasteiger partial charge in [-0.1, -0.05) is 39.9 Å². The molecule has 1 heterocycles. The molecule has 0 unspecified atom stereocenters. The van der Waals surface area contributed by atoms with E-state index >= 15 is 0 Å². The zero-order valence-electron chi connectivity index (χ0n) is 12.0. The number of nitrogens with one attached hydrogen (secondary N) is 1. The lowest BCUT2D eigenvalue weighted by Gasteiger charge is -2.19. The molecular formula is C15H19Br2N3O. The van der Waals surface area contributed by atoms with Crippen LogP contribution in [0.3, 0.4) is 0 Å². The average molecular weight is 417 g/mol. The van der Waals surface area contributed by atoms with Gasteiger partial charge in [-0.05, 0) is 37.1 Å². The first-order chi connectivity index (χ1) is 9.72. The van der Waals surface area contributed by atoms with Crippen molar-refractivity contribution in [3.8, 4) is 11.4 Å². The van der Waals surface area contributed by atoms with Gasteiger partial charge in [0.25, 0.3) is 0 Å². The molecule has 0 bridgehead atoms. The zero-order chi connectivity index (χ0) is 13.9. The van der Waals surface area contributed by atoms with Crippen LogP contribution in [0.5, 0.6) is 0 Å². The van der Waals surface area contributed by atoms with Gasteiger partial charge in [0.2, 0.25) is 0 Å². The summed E-state index contributed by atoms with van der Waals surface area (Å²) in [6.45, 7) is 0. The quantitative estimate of drug-likeness (QED) is 0.748. The van der Waals surface area contributed by atoms with E-state index in [1.807, 2.05) is 31.3 Å². The third-order valence-electron chi connectivity index (χ3n) is 3.76. The van der Waals surface area contributed by atoms with Gasteiger partial charge in [0, 0.05) is 15.5 Å². The first-order valence-corrected chi connectivity index (χ1v) is 7.91. The van der Waals surface area contributed by atoms with Crippen LogP contribution in [-0.2, 0) is 7.05 Å². The van der Waals surface area contributed by atoms with E-state index in [4.69, 9.17) is 4.52 Å². The molecule has 1 aromatic carbocycles. The van der Waals surface area contributed by atoms with E-state index in [2.05, 4.69) is 26.2 Å². The van der Waals surface area contributed by atoms with E-state index in [0.29, 0.717) is 12.1 Å². The molecule has 1 saturated carbocycles. The van der Waals surface area contributed by atoms with Crippen molar-refractivity contribution in [1.29, 1.82) is 0 Å². The topological polar surface area (TPSA) is 41.9 Å². The minimum atomic E-state index is 0. The van der Waals surface area contributed by atoms with Crippen molar-refractivity contribution < 1.29 is 26.2 Å². The molecule has 0 saturated heterocycles. The minimum absolute atomic E-state index is 0. The summed E-state index contributed by atoms with van der Waals surface area (Å²) >= 11 is 3.44. The second-order valence-corrected chi connectivity index (χ2v) is 6.23. The van der Waals surface area contributed by atoms with Gasteiger partial charge in [-0.2, -0.15) is 0 Å². The summed E-state index contributed by atoms with van der Waals surface area (Å²) in [7, 11) is 1.89. The van der Waals surface area contributed by atoms with Crippen molar-refractivity contribution in [1.82, 2.24) is 4.98 Å². The van der Waals surface area contributed by atoms with Crippen molar-refractivity contribution in [3.63, 3.8) is 0 Å². The van der Waals surface area contributed by atoms with Crippen LogP contribution in [0.2, 0.25) is 0 Å². The van der Waals surface area contributed by atoms with Crippen molar-refractivity contribution in [2.45, 2.75) is 38.1 Å². The molecule has 4 nitrogen and oxygen atoms in total. The third kappa shape index (κ3) is 4.07. The smallest absolute Gasteiger partial charge is 0.451 e. The summed E-state index contributed by atoms with van der Waals surface area (Å²) in [6, 6.07) is 9.22. The van der Waals surface area contributed by atoms with E-state index in [9.17, 15) is 0 Å². The fraction of sp³-hybridized carbons (Fsp3) is 0.467. The van der Waals surface area contributed by atoms with Crippen molar-refractivity contribution >= 4 is 21.9 Å². The Balaban J connectivity index is 0.00000161. The molecule has 3 rings (SSSR count). The largest absolute Gasteiger partial charge is 1.00 e. The number of hydrogen-bond donors (Lipinski definition) is 1. The maximum atomic E-state index is 5.68. The number of nitrogens with zero attached hydrogens (tertiary/aromatic N) is 2. The molecule has 0 aliphatic heterocycles. The Hall–Kier alpha value is -0.880. The lowest BCUT2D eigenvalue weighted by molar-refractivity contribution is -0.834. The number of aromatic nitrogens is 2. The summed E-state index contributed by atoms with van der Waals surface area (Å²) in [5, 5.41) is 3.42. The molecule has 0 atom stereocenters. The molecule has 114 valence electrons. The highest BCUT2D eigenvalue weighted by Gasteiger charge is 2.24. The number of anilines is 1. The summed E-state index contributed by atoms with van der Waals surface area (Å²) < 4.78 is 8.46. The van der Waals surface area contributed by atoms with Crippen LogP contribution in [0.25, 0.3) is 11.4 Å². The molecule has 0 amide bonds. The minimum Gasteiger partial charge on any atom is -1.00 e. The van der Waals surface area contributed by atoms with Crippen LogP contribution in [0.1, 0.15) is 32.1 Å². The van der Waals surface area contributed by atoms with E-state index in [-0.39, 0.29) is 17.0 Å². The molecule has 1 aromatic heterocycles. The fourth-order valence-corrected chi connectivity index (χ4v) is 2.95. The summed E-state index contributed by atoms with van der Waals surface area (Å²) in [4.78, 5) is 4.57. The van der Waals surface area contributed by atoms with Crippen molar-refractivity contribution in [2.24, 2.45) is 7.05 Å². The lowest BCUT2D eigenvalue weighted by atomic mass is 9.96. The molecule has 0 spiro atoms. The molecule has 6 heteroatoms. The molecule has 2 aromatic rings. The number of aryl methyl sites for hydroxylation is 1. The Morgan fingerprint density at radius 3 is 2.52 bits per heavy atom. The maximum Gasteiger partial charge on any atom is 0.451 e. The van der Waals surface area contributed by atoms with Gasteiger partial charge in [0.05, 0.1) is 5.56 Å². The second kappa shape index (κ2) is 7.40. The monoisotopic (exact) mass is 415 g/mol. The van der Waals surface area contributed by atoms with Gasteiger partial charge in [0.1, 0.15) is 7.05 Å². The van der Waals surface area contributed by atoms with Gasteiger partial charge in [-0.3, -0.25) is 0 Å². The predicted octanol–water partition coefficient (Wildman–Crippen LogP) is 0.677. The molecule has 1 aliphatic rings. The first kappa shape index (κ1) is 16.5. The van der Waals surface area contributed by atoms with Crippen LogP contribution < -0.4 is 27.0 Å². The van der Waals surface area contributed by atoms with Gasteiger partial charge in [0.15, 0.2) is 0 Å². The van der Waals surface area contributed by atoms with Gasteiger partial charge >= 0.3 is 11.8 Å². The maximum absolute atomic E-state index is 5.68. The Kier molecular flexibility index (Phi) is 5.81. The third-order valence-corrected chi connectivity index (χ3v) is 4.29. The standard InChI is InChI=1S/C15H18BrN3O.BrH/c1-19-14(11-7-9-12(16)10-8-11)18-15(20-19)17-13-5-3-2-4-6-13;/h7-10,13H,2-6H2,1H3;1H. The molecule has 1 N–H and O–H groups in total. The van der Waals surface area contributed by atoms with Crippen LogP contribution in [-0.4, -0.2) is 11.0 Å². The lowest BCUT2D eigenvalue weighted by Crippen LogP contribution is -3.00. The average Bonchev–Trinajstić information content (AvgIpc) is 2.81. The number of hydrogen-bond acceptors (Lipinski definition) is 3. The van der Waals surface area contributed by atoms with Crippen LogP contribution in [0.15, 0.2) is 33.3 Å². The van der Waals surface area contributed by atoms with Crippen LogP contribution >= 0.6 is 15.9 Å².